The quantitative estimate of drug-likeness (QED) is 0.817. The normalized spacial score (nSPS) is 12.0. The fraction of sp³-hybridized carbons (Fsp3) is 0.467. The lowest BCUT2D eigenvalue weighted by Crippen LogP contribution is -2.35. The molecule has 1 aromatic rings. The Morgan fingerprint density at radius 1 is 1.37 bits per heavy atom. The van der Waals surface area contributed by atoms with Crippen molar-refractivity contribution in [1.29, 1.82) is 5.26 Å². The Bertz CT molecular complexity index is 477. The van der Waals surface area contributed by atoms with Crippen molar-refractivity contribution in [3.8, 4) is 6.07 Å². The molecule has 0 aliphatic heterocycles. The number of nitriles is 1. The summed E-state index contributed by atoms with van der Waals surface area (Å²) >= 11 is 0. The number of benzene rings is 1. The second kappa shape index (κ2) is 6.89. The topological polar surface area (TPSA) is 44.1 Å². The first kappa shape index (κ1) is 15.2. The number of nitrogens with zero attached hydrogens (tertiary/aromatic N) is 2. The highest BCUT2D eigenvalue weighted by Crippen LogP contribution is 2.24. The molecule has 1 atom stereocenters. The molecular formula is C15H19FN2O. The molecule has 0 N–H and O–H groups in total. The van der Waals surface area contributed by atoms with E-state index in [0.717, 1.165) is 12.8 Å². The van der Waals surface area contributed by atoms with Gasteiger partial charge in [-0.3, -0.25) is 4.79 Å². The van der Waals surface area contributed by atoms with Gasteiger partial charge in [0, 0.05) is 18.5 Å². The Morgan fingerprint density at radius 3 is 2.42 bits per heavy atom. The van der Waals surface area contributed by atoms with E-state index in [1.54, 1.807) is 25.2 Å². The van der Waals surface area contributed by atoms with Crippen LogP contribution in [0, 0.1) is 23.1 Å². The van der Waals surface area contributed by atoms with Gasteiger partial charge in [-0.1, -0.05) is 32.0 Å². The maximum atomic E-state index is 13.7. The average molecular weight is 262 g/mol. The third-order valence-electron chi connectivity index (χ3n) is 3.39. The Hall–Kier alpha value is -1.89. The highest BCUT2D eigenvalue weighted by Gasteiger charge is 2.27. The fourth-order valence-corrected chi connectivity index (χ4v) is 2.11. The zero-order valence-electron chi connectivity index (χ0n) is 11.6. The third-order valence-corrected chi connectivity index (χ3v) is 3.39. The molecule has 1 rings (SSSR count). The van der Waals surface area contributed by atoms with Gasteiger partial charge in [0.2, 0.25) is 5.91 Å². The van der Waals surface area contributed by atoms with E-state index in [-0.39, 0.29) is 17.4 Å². The van der Waals surface area contributed by atoms with E-state index in [2.05, 4.69) is 0 Å². The predicted octanol–water partition coefficient (Wildman–Crippen LogP) is 3.28. The lowest BCUT2D eigenvalue weighted by molar-refractivity contribution is -0.135. The summed E-state index contributed by atoms with van der Waals surface area (Å²) in [6.45, 7) is 3.87. The molecule has 0 saturated heterocycles. The molecule has 1 unspecified atom stereocenters. The molecule has 0 heterocycles. The van der Waals surface area contributed by atoms with Crippen LogP contribution in [0.1, 0.15) is 38.3 Å². The van der Waals surface area contributed by atoms with E-state index in [9.17, 15) is 14.4 Å². The van der Waals surface area contributed by atoms with Crippen molar-refractivity contribution in [2.45, 2.75) is 32.7 Å². The van der Waals surface area contributed by atoms with Crippen molar-refractivity contribution < 1.29 is 9.18 Å². The molecule has 0 saturated carbocycles. The van der Waals surface area contributed by atoms with Crippen LogP contribution in [0.5, 0.6) is 0 Å². The van der Waals surface area contributed by atoms with Crippen LogP contribution >= 0.6 is 0 Å². The molecule has 1 amide bonds. The molecule has 0 aromatic heterocycles. The molecule has 0 bridgehead atoms. The highest BCUT2D eigenvalue weighted by atomic mass is 19.1. The lowest BCUT2D eigenvalue weighted by atomic mass is 9.99. The van der Waals surface area contributed by atoms with Gasteiger partial charge in [0.15, 0.2) is 0 Å². The number of amides is 1. The molecule has 4 heteroatoms. The van der Waals surface area contributed by atoms with Crippen molar-refractivity contribution in [3.05, 3.63) is 35.6 Å². The van der Waals surface area contributed by atoms with E-state index in [0.29, 0.717) is 0 Å². The molecule has 19 heavy (non-hydrogen) atoms. The minimum atomic E-state index is -0.880. The van der Waals surface area contributed by atoms with Crippen LogP contribution in [-0.2, 0) is 4.79 Å². The van der Waals surface area contributed by atoms with Gasteiger partial charge in [-0.15, -0.1) is 0 Å². The largest absolute Gasteiger partial charge is 0.325 e. The Balaban J connectivity index is 3.02. The van der Waals surface area contributed by atoms with Crippen molar-refractivity contribution >= 4 is 5.91 Å². The van der Waals surface area contributed by atoms with Crippen molar-refractivity contribution in [3.63, 3.8) is 0 Å². The summed E-state index contributed by atoms with van der Waals surface area (Å²) in [7, 11) is 1.56. The van der Waals surface area contributed by atoms with Crippen molar-refractivity contribution in [2.24, 2.45) is 5.92 Å². The maximum absolute atomic E-state index is 13.7. The first-order valence-electron chi connectivity index (χ1n) is 6.47. The van der Waals surface area contributed by atoms with Gasteiger partial charge in [-0.2, -0.15) is 5.26 Å². The summed E-state index contributed by atoms with van der Waals surface area (Å²) in [5.74, 6) is -0.689. The standard InChI is InChI=1S/C15H19FN2O/c1-4-11(5-2)15(19)18(3)14(10-17)12-8-6-7-9-13(12)16/h6-9,11,14H,4-5H2,1-3H3. The summed E-state index contributed by atoms with van der Waals surface area (Å²) < 4.78 is 13.7. The number of rotatable bonds is 5. The fourth-order valence-electron chi connectivity index (χ4n) is 2.11. The van der Waals surface area contributed by atoms with E-state index < -0.39 is 11.9 Å². The van der Waals surface area contributed by atoms with Crippen LogP contribution in [0.4, 0.5) is 4.39 Å². The van der Waals surface area contributed by atoms with Crippen LogP contribution in [0.15, 0.2) is 24.3 Å². The monoisotopic (exact) mass is 262 g/mol. The average Bonchev–Trinajstić information content (AvgIpc) is 2.42. The van der Waals surface area contributed by atoms with Gasteiger partial charge >= 0.3 is 0 Å². The number of carbonyl (C=O) groups is 1. The first-order chi connectivity index (χ1) is 9.06. The van der Waals surface area contributed by atoms with E-state index in [1.165, 1.54) is 11.0 Å². The van der Waals surface area contributed by atoms with Crippen LogP contribution in [0.3, 0.4) is 0 Å². The molecule has 0 spiro atoms. The minimum absolute atomic E-state index is 0.111. The summed E-state index contributed by atoms with van der Waals surface area (Å²) in [5, 5.41) is 9.24. The van der Waals surface area contributed by atoms with Gasteiger partial charge in [0.25, 0.3) is 0 Å². The molecule has 1 aromatic carbocycles. The summed E-state index contributed by atoms with van der Waals surface area (Å²) in [5.41, 5.74) is 0.242. The van der Waals surface area contributed by atoms with Crippen LogP contribution in [0.2, 0.25) is 0 Å². The first-order valence-corrected chi connectivity index (χ1v) is 6.47. The molecule has 102 valence electrons. The van der Waals surface area contributed by atoms with Crippen LogP contribution in [-0.4, -0.2) is 17.9 Å². The zero-order chi connectivity index (χ0) is 14.4. The van der Waals surface area contributed by atoms with Crippen molar-refractivity contribution in [2.75, 3.05) is 7.05 Å². The molecule has 0 radical (unpaired) electrons. The predicted molar refractivity (Wildman–Crippen MR) is 71.6 cm³/mol. The van der Waals surface area contributed by atoms with Gasteiger partial charge in [0.1, 0.15) is 11.9 Å². The SMILES string of the molecule is CCC(CC)C(=O)N(C)C(C#N)c1ccccc1F. The third kappa shape index (κ3) is 3.31. The highest BCUT2D eigenvalue weighted by molar-refractivity contribution is 5.79. The Morgan fingerprint density at radius 2 is 1.95 bits per heavy atom. The molecule has 0 aliphatic carbocycles. The summed E-state index contributed by atoms with van der Waals surface area (Å²) in [6, 6.07) is 7.20. The molecule has 0 aliphatic rings. The number of hydrogen-bond donors (Lipinski definition) is 0. The van der Waals surface area contributed by atoms with Crippen molar-refractivity contribution in [1.82, 2.24) is 4.90 Å². The molecule has 0 fully saturated rings. The second-order valence-corrected chi connectivity index (χ2v) is 4.52. The Kier molecular flexibility index (Phi) is 5.50. The second-order valence-electron chi connectivity index (χ2n) is 4.52. The number of halogens is 1. The smallest absolute Gasteiger partial charge is 0.226 e. The molecule has 3 nitrogen and oxygen atoms in total. The van der Waals surface area contributed by atoms with E-state index >= 15 is 0 Å². The van der Waals surface area contributed by atoms with Gasteiger partial charge < -0.3 is 4.90 Å². The summed E-state index contributed by atoms with van der Waals surface area (Å²) in [6.07, 6.45) is 1.43. The van der Waals surface area contributed by atoms with Gasteiger partial charge in [0.05, 0.1) is 6.07 Å². The summed E-state index contributed by atoms with van der Waals surface area (Å²) in [4.78, 5) is 13.6. The minimum Gasteiger partial charge on any atom is -0.325 e. The van der Waals surface area contributed by atoms with E-state index in [4.69, 9.17) is 0 Å². The van der Waals surface area contributed by atoms with Crippen LogP contribution < -0.4 is 0 Å². The van der Waals surface area contributed by atoms with Gasteiger partial charge in [-0.25, -0.2) is 4.39 Å². The lowest BCUT2D eigenvalue weighted by Gasteiger charge is -2.26. The number of carbonyl (C=O) groups excluding carboxylic acids is 1. The maximum Gasteiger partial charge on any atom is 0.226 e. The zero-order valence-corrected chi connectivity index (χ0v) is 11.6. The molecular weight excluding hydrogens is 243 g/mol. The Labute approximate surface area is 113 Å². The van der Waals surface area contributed by atoms with Crippen LogP contribution in [0.25, 0.3) is 0 Å². The van der Waals surface area contributed by atoms with Gasteiger partial charge in [-0.05, 0) is 18.9 Å². The van der Waals surface area contributed by atoms with E-state index in [1.807, 2.05) is 19.9 Å². The number of hydrogen-bond acceptors (Lipinski definition) is 2.